The van der Waals surface area contributed by atoms with Crippen LogP contribution >= 0.6 is 12.4 Å². The third-order valence-corrected chi connectivity index (χ3v) is 5.71. The average molecular weight is 448 g/mol. The van der Waals surface area contributed by atoms with E-state index in [1.165, 1.54) is 5.56 Å². The molecule has 31 heavy (non-hydrogen) atoms. The van der Waals surface area contributed by atoms with E-state index in [2.05, 4.69) is 71.0 Å². The maximum Gasteiger partial charge on any atom is 0.160 e. The van der Waals surface area contributed by atoms with E-state index in [0.717, 1.165) is 17.7 Å². The van der Waals surface area contributed by atoms with Gasteiger partial charge in [-0.3, -0.25) is 5.73 Å². The quantitative estimate of drug-likeness (QED) is 0.424. The molecular formula is C27H42ClNO2. The van der Waals surface area contributed by atoms with Gasteiger partial charge in [-0.15, -0.1) is 12.4 Å². The lowest BCUT2D eigenvalue weighted by Gasteiger charge is -2.43. The molecule has 2 N–H and O–H groups in total. The maximum atomic E-state index is 6.79. The van der Waals surface area contributed by atoms with Crippen LogP contribution in [0.25, 0.3) is 0 Å². The van der Waals surface area contributed by atoms with Gasteiger partial charge in [0.15, 0.2) is 5.72 Å². The summed E-state index contributed by atoms with van der Waals surface area (Å²) in [4.78, 5) is 0. The highest BCUT2D eigenvalue weighted by molar-refractivity contribution is 5.85. The van der Waals surface area contributed by atoms with Crippen LogP contribution in [-0.4, -0.2) is 17.9 Å². The van der Waals surface area contributed by atoms with Crippen molar-refractivity contribution in [1.82, 2.24) is 0 Å². The number of halogens is 1. The number of ether oxygens (including phenoxy) is 2. The van der Waals surface area contributed by atoms with Crippen LogP contribution in [0.5, 0.6) is 5.75 Å². The molecule has 3 nitrogen and oxygen atoms in total. The first-order valence-electron chi connectivity index (χ1n) is 11.0. The minimum atomic E-state index is -0.951. The highest BCUT2D eigenvalue weighted by Gasteiger charge is 2.45. The van der Waals surface area contributed by atoms with Crippen molar-refractivity contribution < 1.29 is 9.47 Å². The first-order chi connectivity index (χ1) is 13.8. The molecule has 0 aliphatic carbocycles. The van der Waals surface area contributed by atoms with Gasteiger partial charge < -0.3 is 9.47 Å². The van der Waals surface area contributed by atoms with Crippen molar-refractivity contribution in [3.8, 4) is 5.75 Å². The monoisotopic (exact) mass is 447 g/mol. The Morgan fingerprint density at radius 3 is 1.84 bits per heavy atom. The van der Waals surface area contributed by atoms with E-state index in [0.29, 0.717) is 13.0 Å². The summed E-state index contributed by atoms with van der Waals surface area (Å²) in [6.45, 7) is 18.0. The van der Waals surface area contributed by atoms with Crippen molar-refractivity contribution in [2.24, 2.45) is 11.1 Å². The van der Waals surface area contributed by atoms with Gasteiger partial charge in [-0.1, -0.05) is 77.1 Å². The lowest BCUT2D eigenvalue weighted by atomic mass is 9.72. The van der Waals surface area contributed by atoms with Gasteiger partial charge in [0.25, 0.3) is 0 Å². The van der Waals surface area contributed by atoms with Crippen molar-refractivity contribution in [2.45, 2.75) is 85.0 Å². The van der Waals surface area contributed by atoms with Gasteiger partial charge in [0.05, 0.1) is 0 Å². The fourth-order valence-electron chi connectivity index (χ4n) is 4.38. The Morgan fingerprint density at radius 1 is 0.806 bits per heavy atom. The summed E-state index contributed by atoms with van der Waals surface area (Å²) in [5.41, 5.74) is 7.93. The van der Waals surface area contributed by atoms with Crippen molar-refractivity contribution >= 4 is 12.4 Å². The molecule has 1 atom stereocenters. The zero-order valence-electron chi connectivity index (χ0n) is 20.6. The van der Waals surface area contributed by atoms with Crippen molar-refractivity contribution in [3.05, 3.63) is 65.7 Å². The van der Waals surface area contributed by atoms with Crippen molar-refractivity contribution in [1.29, 1.82) is 0 Å². The number of hydrogen-bond donors (Lipinski definition) is 1. The van der Waals surface area contributed by atoms with Crippen LogP contribution in [-0.2, 0) is 16.6 Å². The first kappa shape index (κ1) is 27.5. The third kappa shape index (κ3) is 7.52. The van der Waals surface area contributed by atoms with Crippen molar-refractivity contribution in [3.63, 3.8) is 0 Å². The molecular weight excluding hydrogens is 406 g/mol. The van der Waals surface area contributed by atoms with E-state index in [1.807, 2.05) is 39.0 Å². The summed E-state index contributed by atoms with van der Waals surface area (Å²) in [7, 11) is 0. The minimum Gasteiger partial charge on any atom is -0.483 e. The summed E-state index contributed by atoms with van der Waals surface area (Å²) < 4.78 is 12.5. The largest absolute Gasteiger partial charge is 0.483 e. The fourth-order valence-corrected chi connectivity index (χ4v) is 4.38. The Hall–Kier alpha value is -1.55. The summed E-state index contributed by atoms with van der Waals surface area (Å²) in [6.07, 6.45) is 1.68. The maximum absolute atomic E-state index is 6.79. The normalized spacial score (nSPS) is 14.5. The molecule has 0 fully saturated rings. The van der Waals surface area contributed by atoms with Crippen LogP contribution < -0.4 is 10.5 Å². The Kier molecular flexibility index (Phi) is 9.20. The molecule has 0 saturated carbocycles. The molecule has 0 radical (unpaired) electrons. The topological polar surface area (TPSA) is 44.5 Å². The highest BCUT2D eigenvalue weighted by atomic mass is 35.5. The van der Waals surface area contributed by atoms with E-state index in [4.69, 9.17) is 15.2 Å². The molecule has 0 aliphatic rings. The van der Waals surface area contributed by atoms with E-state index >= 15 is 0 Å². The van der Waals surface area contributed by atoms with Crippen LogP contribution in [0.1, 0.15) is 72.9 Å². The van der Waals surface area contributed by atoms with Gasteiger partial charge in [-0.2, -0.15) is 0 Å². The summed E-state index contributed by atoms with van der Waals surface area (Å²) in [5.74, 6) is 0.804. The molecule has 0 bridgehead atoms. The van der Waals surface area contributed by atoms with Crippen molar-refractivity contribution in [2.75, 3.05) is 6.61 Å². The molecule has 0 saturated heterocycles. The lowest BCUT2D eigenvalue weighted by Crippen LogP contribution is -2.63. The van der Waals surface area contributed by atoms with E-state index in [9.17, 15) is 0 Å². The fraction of sp³-hybridized carbons (Fsp3) is 0.556. The zero-order chi connectivity index (χ0) is 22.6. The molecule has 0 spiro atoms. The minimum absolute atomic E-state index is 0. The number of hydrogen-bond acceptors (Lipinski definition) is 3. The van der Waals surface area contributed by atoms with Gasteiger partial charge in [0.2, 0.25) is 0 Å². The van der Waals surface area contributed by atoms with E-state index < -0.39 is 11.3 Å². The van der Waals surface area contributed by atoms with Gasteiger partial charge in [-0.25, -0.2) is 0 Å². The smallest absolute Gasteiger partial charge is 0.160 e. The SMILES string of the molecule is CCOC(N)(Cc1ccccc1)C(C)(C)Oc1ccc(C(C)(C)CC(C)(C)C)cc1.Cl. The number of nitrogens with two attached hydrogens (primary N) is 1. The molecule has 0 aliphatic heterocycles. The molecule has 2 aromatic rings. The second-order valence-electron chi connectivity index (χ2n) is 10.7. The van der Waals surface area contributed by atoms with Gasteiger partial charge in [0.1, 0.15) is 11.4 Å². The van der Waals surface area contributed by atoms with Gasteiger partial charge >= 0.3 is 0 Å². The Bertz CT molecular complexity index is 794. The Morgan fingerprint density at radius 2 is 1.35 bits per heavy atom. The first-order valence-corrected chi connectivity index (χ1v) is 11.0. The van der Waals surface area contributed by atoms with Gasteiger partial charge in [0, 0.05) is 13.0 Å². The van der Waals surface area contributed by atoms with E-state index in [1.54, 1.807) is 0 Å². The molecule has 4 heteroatoms. The molecule has 0 aromatic heterocycles. The predicted molar refractivity (Wildman–Crippen MR) is 134 cm³/mol. The van der Waals surface area contributed by atoms with E-state index in [-0.39, 0.29) is 23.2 Å². The molecule has 2 aromatic carbocycles. The van der Waals surface area contributed by atoms with Crippen LogP contribution in [0.4, 0.5) is 0 Å². The van der Waals surface area contributed by atoms with Crippen LogP contribution in [0.15, 0.2) is 54.6 Å². The summed E-state index contributed by atoms with van der Waals surface area (Å²) in [6, 6.07) is 18.6. The van der Waals surface area contributed by atoms with Gasteiger partial charge in [-0.05, 0) is 61.3 Å². The molecule has 2 rings (SSSR count). The number of rotatable bonds is 9. The summed E-state index contributed by atoms with van der Waals surface area (Å²) in [5, 5.41) is 0. The second kappa shape index (κ2) is 10.4. The highest BCUT2D eigenvalue weighted by Crippen LogP contribution is 2.37. The molecule has 0 amide bonds. The average Bonchev–Trinajstić information content (AvgIpc) is 2.60. The Labute approximate surface area is 196 Å². The van der Waals surface area contributed by atoms with Crippen LogP contribution in [0, 0.1) is 5.41 Å². The van der Waals surface area contributed by atoms with Crippen LogP contribution in [0.2, 0.25) is 0 Å². The molecule has 174 valence electrons. The molecule has 1 unspecified atom stereocenters. The second-order valence-corrected chi connectivity index (χ2v) is 10.7. The predicted octanol–water partition coefficient (Wildman–Crippen LogP) is 6.91. The lowest BCUT2D eigenvalue weighted by molar-refractivity contribution is -0.149. The Balaban J connectivity index is 0.00000480. The number of benzene rings is 2. The van der Waals surface area contributed by atoms with Crippen LogP contribution in [0.3, 0.4) is 0 Å². The third-order valence-electron chi connectivity index (χ3n) is 5.71. The summed E-state index contributed by atoms with van der Waals surface area (Å²) >= 11 is 0. The standard InChI is InChI=1S/C27H41NO2.ClH/c1-9-29-27(28,19-21-13-11-10-12-14-21)26(7,8)30-23-17-15-22(16-18-23)25(5,6)20-24(2,3)4;/h10-18H,9,19-20,28H2,1-8H3;1H. The molecule has 0 heterocycles. The zero-order valence-corrected chi connectivity index (χ0v) is 21.4.